The van der Waals surface area contributed by atoms with Gasteiger partial charge in [0.1, 0.15) is 6.04 Å². The number of halogens is 3. The summed E-state index contributed by atoms with van der Waals surface area (Å²) in [4.78, 5) is 1.44. The lowest BCUT2D eigenvalue weighted by Crippen LogP contribution is -2.57. The zero-order valence-corrected chi connectivity index (χ0v) is 11.7. The van der Waals surface area contributed by atoms with Gasteiger partial charge in [0.2, 0.25) is 0 Å². The van der Waals surface area contributed by atoms with E-state index in [4.69, 9.17) is 5.73 Å². The standard InChI is InChI=1S/C13H25F3N2/c1-9(17)11(13(14,15)16)18(4)10-5-7-12(2,3)8-6-10/h9-11H,5-8,17H2,1-4H3. The van der Waals surface area contributed by atoms with E-state index in [-0.39, 0.29) is 11.5 Å². The number of likely N-dealkylation sites (N-methyl/N-ethyl adjacent to an activating group) is 1. The van der Waals surface area contributed by atoms with Crippen LogP contribution in [-0.4, -0.2) is 36.2 Å². The second-order valence-corrected chi connectivity index (χ2v) is 6.41. The van der Waals surface area contributed by atoms with E-state index in [2.05, 4.69) is 13.8 Å². The molecule has 1 aliphatic rings. The summed E-state index contributed by atoms with van der Waals surface area (Å²) in [5.41, 5.74) is 5.79. The Labute approximate surface area is 108 Å². The van der Waals surface area contributed by atoms with Gasteiger partial charge in [0.15, 0.2) is 0 Å². The van der Waals surface area contributed by atoms with Gasteiger partial charge in [0, 0.05) is 12.1 Å². The maximum absolute atomic E-state index is 13.0. The smallest absolute Gasteiger partial charge is 0.326 e. The fourth-order valence-electron chi connectivity index (χ4n) is 2.92. The molecule has 5 heteroatoms. The maximum atomic E-state index is 13.0. The Bertz CT molecular complexity index is 264. The third-order valence-corrected chi connectivity index (χ3v) is 4.16. The summed E-state index contributed by atoms with van der Waals surface area (Å²) in [7, 11) is 1.56. The minimum absolute atomic E-state index is 0.00403. The first-order valence-electron chi connectivity index (χ1n) is 6.59. The molecule has 2 atom stereocenters. The van der Waals surface area contributed by atoms with Gasteiger partial charge in [-0.05, 0) is 45.1 Å². The molecule has 0 aromatic carbocycles. The Morgan fingerprint density at radius 1 is 1.22 bits per heavy atom. The topological polar surface area (TPSA) is 29.3 Å². The van der Waals surface area contributed by atoms with Crippen LogP contribution in [0, 0.1) is 5.41 Å². The molecule has 2 N–H and O–H groups in total. The summed E-state index contributed by atoms with van der Waals surface area (Å²) in [5.74, 6) is 0. The molecule has 18 heavy (non-hydrogen) atoms. The van der Waals surface area contributed by atoms with Gasteiger partial charge in [-0.3, -0.25) is 4.90 Å². The molecule has 1 saturated carbocycles. The highest BCUT2D eigenvalue weighted by Gasteiger charge is 2.47. The Hall–Kier alpha value is -0.290. The van der Waals surface area contributed by atoms with Crippen LogP contribution in [0.15, 0.2) is 0 Å². The summed E-state index contributed by atoms with van der Waals surface area (Å²) < 4.78 is 39.0. The van der Waals surface area contributed by atoms with Crippen molar-refractivity contribution in [2.75, 3.05) is 7.05 Å². The highest BCUT2D eigenvalue weighted by Crippen LogP contribution is 2.38. The highest BCUT2D eigenvalue weighted by atomic mass is 19.4. The molecule has 0 radical (unpaired) electrons. The zero-order valence-electron chi connectivity index (χ0n) is 11.7. The van der Waals surface area contributed by atoms with Crippen LogP contribution < -0.4 is 5.73 Å². The minimum Gasteiger partial charge on any atom is -0.326 e. The SMILES string of the molecule is CC(N)C(N(C)C1CCC(C)(C)CC1)C(F)(F)F. The summed E-state index contributed by atoms with van der Waals surface area (Å²) in [6, 6.07) is -2.44. The van der Waals surface area contributed by atoms with Gasteiger partial charge >= 0.3 is 6.18 Å². The number of hydrogen-bond acceptors (Lipinski definition) is 2. The van der Waals surface area contributed by atoms with E-state index in [1.807, 2.05) is 0 Å². The van der Waals surface area contributed by atoms with Crippen molar-refractivity contribution in [1.29, 1.82) is 0 Å². The molecule has 2 unspecified atom stereocenters. The third-order valence-electron chi connectivity index (χ3n) is 4.16. The van der Waals surface area contributed by atoms with Gasteiger partial charge in [-0.15, -0.1) is 0 Å². The maximum Gasteiger partial charge on any atom is 0.405 e. The molecule has 1 rings (SSSR count). The van der Waals surface area contributed by atoms with Gasteiger partial charge in [-0.1, -0.05) is 13.8 Å². The highest BCUT2D eigenvalue weighted by molar-refractivity contribution is 4.91. The quantitative estimate of drug-likeness (QED) is 0.850. The van der Waals surface area contributed by atoms with Crippen molar-refractivity contribution in [3.63, 3.8) is 0 Å². The van der Waals surface area contributed by atoms with E-state index in [0.29, 0.717) is 0 Å². The molecule has 0 heterocycles. The Morgan fingerprint density at radius 3 is 2.00 bits per heavy atom. The summed E-state index contributed by atoms with van der Waals surface area (Å²) in [6.07, 6.45) is -0.654. The summed E-state index contributed by atoms with van der Waals surface area (Å²) >= 11 is 0. The summed E-state index contributed by atoms with van der Waals surface area (Å²) in [5, 5.41) is 0. The van der Waals surface area contributed by atoms with Crippen molar-refractivity contribution in [3.8, 4) is 0 Å². The number of nitrogens with two attached hydrogens (primary N) is 1. The first-order valence-corrected chi connectivity index (χ1v) is 6.59. The van der Waals surface area contributed by atoms with Crippen LogP contribution in [0.2, 0.25) is 0 Å². The monoisotopic (exact) mass is 266 g/mol. The van der Waals surface area contributed by atoms with Gasteiger partial charge < -0.3 is 5.73 Å². The van der Waals surface area contributed by atoms with E-state index in [1.54, 1.807) is 7.05 Å². The molecule has 0 spiro atoms. The largest absolute Gasteiger partial charge is 0.405 e. The molecule has 1 aliphatic carbocycles. The first-order chi connectivity index (χ1) is 8.04. The average Bonchev–Trinajstić information content (AvgIpc) is 2.13. The van der Waals surface area contributed by atoms with E-state index >= 15 is 0 Å². The lowest BCUT2D eigenvalue weighted by Gasteiger charge is -2.43. The van der Waals surface area contributed by atoms with Crippen molar-refractivity contribution >= 4 is 0 Å². The molecule has 0 bridgehead atoms. The first kappa shape index (κ1) is 15.8. The van der Waals surface area contributed by atoms with Crippen molar-refractivity contribution in [2.45, 2.75) is 70.8 Å². The molecule has 0 aliphatic heterocycles. The number of nitrogens with zero attached hydrogens (tertiary/aromatic N) is 1. The number of hydrogen-bond donors (Lipinski definition) is 1. The predicted molar refractivity (Wildman–Crippen MR) is 67.3 cm³/mol. The molecule has 108 valence electrons. The van der Waals surface area contributed by atoms with Gasteiger partial charge in [-0.25, -0.2) is 0 Å². The molecule has 0 aromatic rings. The van der Waals surface area contributed by atoms with E-state index in [9.17, 15) is 13.2 Å². The van der Waals surface area contributed by atoms with Gasteiger partial charge in [0.25, 0.3) is 0 Å². The molecule has 0 amide bonds. The van der Waals surface area contributed by atoms with Crippen molar-refractivity contribution < 1.29 is 13.2 Å². The lowest BCUT2D eigenvalue weighted by molar-refractivity contribution is -0.192. The fourth-order valence-corrected chi connectivity index (χ4v) is 2.92. The average molecular weight is 266 g/mol. The van der Waals surface area contributed by atoms with Crippen LogP contribution in [0.4, 0.5) is 13.2 Å². The fraction of sp³-hybridized carbons (Fsp3) is 1.00. The normalized spacial score (nSPS) is 25.2. The van der Waals surface area contributed by atoms with E-state index in [1.165, 1.54) is 11.8 Å². The van der Waals surface area contributed by atoms with Crippen molar-refractivity contribution in [2.24, 2.45) is 11.1 Å². The van der Waals surface area contributed by atoms with Gasteiger partial charge in [0.05, 0.1) is 0 Å². The van der Waals surface area contributed by atoms with Crippen LogP contribution in [0.25, 0.3) is 0 Å². The third kappa shape index (κ3) is 3.85. The molecule has 0 saturated heterocycles. The van der Waals surface area contributed by atoms with Crippen LogP contribution in [0.5, 0.6) is 0 Å². The van der Waals surface area contributed by atoms with E-state index in [0.717, 1.165) is 25.7 Å². The molecule has 0 aromatic heterocycles. The Kier molecular flexibility index (Phi) is 4.70. The lowest BCUT2D eigenvalue weighted by atomic mass is 9.75. The van der Waals surface area contributed by atoms with Crippen LogP contribution in [-0.2, 0) is 0 Å². The Morgan fingerprint density at radius 2 is 1.67 bits per heavy atom. The van der Waals surface area contributed by atoms with Crippen LogP contribution in [0.3, 0.4) is 0 Å². The predicted octanol–water partition coefficient (Wildman–Crippen LogP) is 3.17. The number of alkyl halides is 3. The molecule has 1 fully saturated rings. The number of rotatable bonds is 3. The second-order valence-electron chi connectivity index (χ2n) is 6.41. The van der Waals surface area contributed by atoms with Crippen molar-refractivity contribution in [1.82, 2.24) is 4.90 Å². The van der Waals surface area contributed by atoms with Gasteiger partial charge in [-0.2, -0.15) is 13.2 Å². The summed E-state index contributed by atoms with van der Waals surface area (Å²) in [6.45, 7) is 5.79. The minimum atomic E-state index is -4.25. The molecule has 2 nitrogen and oxygen atoms in total. The van der Waals surface area contributed by atoms with Crippen molar-refractivity contribution in [3.05, 3.63) is 0 Å². The molecular weight excluding hydrogens is 241 g/mol. The molecular formula is C13H25F3N2. The van der Waals surface area contributed by atoms with E-state index < -0.39 is 18.3 Å². The van der Waals surface area contributed by atoms with Crippen LogP contribution >= 0.6 is 0 Å². The van der Waals surface area contributed by atoms with Crippen LogP contribution in [0.1, 0.15) is 46.5 Å². The zero-order chi connectivity index (χ0) is 14.1. The second kappa shape index (κ2) is 5.37. The Balaban J connectivity index is 2.71.